The lowest BCUT2D eigenvalue weighted by atomic mass is 9.96. The van der Waals surface area contributed by atoms with E-state index in [0.29, 0.717) is 30.9 Å². The molecule has 0 aliphatic carbocycles. The number of sulfonamides is 1. The number of rotatable bonds is 8. The van der Waals surface area contributed by atoms with Gasteiger partial charge >= 0.3 is 0 Å². The number of hydrogen-bond acceptors (Lipinski definition) is 6. The highest BCUT2D eigenvalue weighted by Crippen LogP contribution is 2.28. The van der Waals surface area contributed by atoms with Crippen molar-refractivity contribution in [3.8, 4) is 11.8 Å². The van der Waals surface area contributed by atoms with Crippen LogP contribution in [0.15, 0.2) is 53.7 Å². The molecule has 0 unspecified atom stereocenters. The molecule has 0 spiro atoms. The third-order valence-electron chi connectivity index (χ3n) is 5.25. The molecule has 0 radical (unpaired) electrons. The first kappa shape index (κ1) is 22.7. The summed E-state index contributed by atoms with van der Waals surface area (Å²) >= 11 is 0. The molecule has 1 fully saturated rings. The van der Waals surface area contributed by atoms with E-state index in [1.165, 1.54) is 22.8 Å². The summed E-state index contributed by atoms with van der Waals surface area (Å²) in [6.07, 6.45) is 3.94. The van der Waals surface area contributed by atoms with Gasteiger partial charge in [0.05, 0.1) is 19.1 Å². The van der Waals surface area contributed by atoms with E-state index in [2.05, 4.69) is 11.1 Å². The van der Waals surface area contributed by atoms with E-state index in [1.807, 2.05) is 19.1 Å². The predicted octanol–water partition coefficient (Wildman–Crippen LogP) is 2.83. The molecule has 9 heteroatoms. The number of carbonyl (C=O) groups is 1. The van der Waals surface area contributed by atoms with E-state index in [9.17, 15) is 13.2 Å². The number of carbonyl (C=O) groups excluding carboxylic acids is 1. The van der Waals surface area contributed by atoms with Gasteiger partial charge in [-0.25, -0.2) is 8.42 Å². The van der Waals surface area contributed by atoms with Crippen molar-refractivity contribution in [2.45, 2.75) is 31.1 Å². The monoisotopic (exact) mass is 442 g/mol. The van der Waals surface area contributed by atoms with Crippen molar-refractivity contribution in [2.75, 3.05) is 31.1 Å². The molecule has 0 saturated carbocycles. The minimum atomic E-state index is -3.62. The van der Waals surface area contributed by atoms with Crippen LogP contribution in [0.3, 0.4) is 0 Å². The second kappa shape index (κ2) is 10.4. The maximum atomic E-state index is 13.2. The molecular weight excluding hydrogens is 416 g/mol. The topological polar surface area (TPSA) is 104 Å². The minimum absolute atomic E-state index is 0.0853. The maximum Gasteiger partial charge on any atom is 0.244 e. The van der Waals surface area contributed by atoms with Crippen LogP contribution in [0.2, 0.25) is 0 Å². The van der Waals surface area contributed by atoms with Crippen LogP contribution in [0.4, 0.5) is 5.69 Å². The quantitative estimate of drug-likeness (QED) is 0.623. The summed E-state index contributed by atoms with van der Waals surface area (Å²) in [5, 5.41) is 9.01. The lowest BCUT2D eigenvalue weighted by molar-refractivity contribution is -0.123. The summed E-state index contributed by atoms with van der Waals surface area (Å²) in [6, 6.07) is 12.4. The number of aromatic nitrogens is 1. The molecule has 3 rings (SSSR count). The Bertz CT molecular complexity index is 1010. The summed E-state index contributed by atoms with van der Waals surface area (Å²) in [5.74, 6) is 0.330. The van der Waals surface area contributed by atoms with Crippen LogP contribution in [0.1, 0.15) is 26.2 Å². The standard InChI is InChI=1S/C22H26N4O4S/c1-2-30-20-8-6-19(7-9-20)26(14-4-12-23)22(27)18-10-15-25(16-11-18)31(28,29)21-5-3-13-24-17-21/h3,5-9,13,17-18H,2,4,10-11,14-16H2,1H3. The van der Waals surface area contributed by atoms with E-state index in [1.54, 1.807) is 23.1 Å². The van der Waals surface area contributed by atoms with Crippen molar-refractivity contribution in [3.63, 3.8) is 0 Å². The largest absolute Gasteiger partial charge is 0.494 e. The Morgan fingerprint density at radius 2 is 1.97 bits per heavy atom. The Kier molecular flexibility index (Phi) is 7.60. The van der Waals surface area contributed by atoms with Gasteiger partial charge in [0.2, 0.25) is 15.9 Å². The van der Waals surface area contributed by atoms with Crippen LogP contribution >= 0.6 is 0 Å². The maximum absolute atomic E-state index is 13.2. The smallest absolute Gasteiger partial charge is 0.244 e. The molecule has 1 saturated heterocycles. The van der Waals surface area contributed by atoms with E-state index >= 15 is 0 Å². The van der Waals surface area contributed by atoms with Gasteiger partial charge in [-0.3, -0.25) is 9.78 Å². The Balaban J connectivity index is 1.70. The van der Waals surface area contributed by atoms with E-state index in [0.717, 1.165) is 0 Å². The van der Waals surface area contributed by atoms with Crippen LogP contribution in [0.5, 0.6) is 5.75 Å². The predicted molar refractivity (Wildman–Crippen MR) is 116 cm³/mol. The number of piperidine rings is 1. The third-order valence-corrected chi connectivity index (χ3v) is 7.13. The van der Waals surface area contributed by atoms with Crippen molar-refractivity contribution in [1.82, 2.24) is 9.29 Å². The van der Waals surface area contributed by atoms with Gasteiger partial charge < -0.3 is 9.64 Å². The van der Waals surface area contributed by atoms with Crippen molar-refractivity contribution < 1.29 is 17.9 Å². The first-order chi connectivity index (χ1) is 15.0. The number of amides is 1. The Morgan fingerprint density at radius 1 is 1.26 bits per heavy atom. The average Bonchev–Trinajstić information content (AvgIpc) is 2.81. The fraction of sp³-hybridized carbons (Fsp3) is 0.409. The SMILES string of the molecule is CCOc1ccc(N(CCC#N)C(=O)C2CCN(S(=O)(=O)c3cccnc3)CC2)cc1. The number of hydrogen-bond donors (Lipinski definition) is 0. The normalized spacial score (nSPS) is 15.2. The molecular formula is C22H26N4O4S. The fourth-order valence-electron chi connectivity index (χ4n) is 3.63. The molecule has 8 nitrogen and oxygen atoms in total. The first-order valence-electron chi connectivity index (χ1n) is 10.3. The van der Waals surface area contributed by atoms with Crippen molar-refractivity contribution in [2.24, 2.45) is 5.92 Å². The number of nitrogens with zero attached hydrogens (tertiary/aromatic N) is 4. The zero-order valence-corrected chi connectivity index (χ0v) is 18.3. The van der Waals surface area contributed by atoms with E-state index in [-0.39, 0.29) is 42.8 Å². The Hall–Kier alpha value is -2.96. The van der Waals surface area contributed by atoms with Crippen LogP contribution in [0, 0.1) is 17.2 Å². The van der Waals surface area contributed by atoms with Gasteiger partial charge in [0.25, 0.3) is 0 Å². The average molecular weight is 443 g/mol. The molecule has 1 aromatic heterocycles. The van der Waals surface area contributed by atoms with Gasteiger partial charge in [0.1, 0.15) is 10.6 Å². The first-order valence-corrected chi connectivity index (χ1v) is 11.7. The zero-order chi connectivity index (χ0) is 22.3. The summed E-state index contributed by atoms with van der Waals surface area (Å²) in [6.45, 7) is 3.28. The summed E-state index contributed by atoms with van der Waals surface area (Å²) in [4.78, 5) is 18.9. The molecule has 1 amide bonds. The highest BCUT2D eigenvalue weighted by Gasteiger charge is 2.34. The molecule has 31 heavy (non-hydrogen) atoms. The molecule has 164 valence electrons. The zero-order valence-electron chi connectivity index (χ0n) is 17.5. The van der Waals surface area contributed by atoms with Crippen molar-refractivity contribution in [1.29, 1.82) is 5.26 Å². The number of nitriles is 1. The number of anilines is 1. The fourth-order valence-corrected chi connectivity index (χ4v) is 5.06. The van der Waals surface area contributed by atoms with Crippen molar-refractivity contribution in [3.05, 3.63) is 48.8 Å². The molecule has 2 aromatic rings. The van der Waals surface area contributed by atoms with Crippen LogP contribution in [0.25, 0.3) is 0 Å². The third kappa shape index (κ3) is 5.40. The van der Waals surface area contributed by atoms with Crippen LogP contribution in [-0.4, -0.2) is 49.9 Å². The van der Waals surface area contributed by atoms with Crippen LogP contribution in [-0.2, 0) is 14.8 Å². The van der Waals surface area contributed by atoms with Gasteiger partial charge in [-0.15, -0.1) is 0 Å². The van der Waals surface area contributed by atoms with E-state index in [4.69, 9.17) is 10.00 Å². The Morgan fingerprint density at radius 3 is 2.55 bits per heavy atom. The lowest BCUT2D eigenvalue weighted by Gasteiger charge is -2.33. The van der Waals surface area contributed by atoms with Gasteiger partial charge in [0.15, 0.2) is 0 Å². The molecule has 1 aliphatic rings. The minimum Gasteiger partial charge on any atom is -0.494 e. The van der Waals surface area contributed by atoms with Gasteiger partial charge in [0, 0.05) is 43.6 Å². The number of ether oxygens (including phenoxy) is 1. The van der Waals surface area contributed by atoms with E-state index < -0.39 is 10.0 Å². The Labute approximate surface area is 183 Å². The summed E-state index contributed by atoms with van der Waals surface area (Å²) in [5.41, 5.74) is 0.703. The molecule has 1 aromatic carbocycles. The molecule has 1 aliphatic heterocycles. The molecule has 2 heterocycles. The summed E-state index contributed by atoms with van der Waals surface area (Å²) < 4.78 is 32.4. The molecule has 0 N–H and O–H groups in total. The lowest BCUT2D eigenvalue weighted by Crippen LogP contribution is -2.44. The van der Waals surface area contributed by atoms with Crippen molar-refractivity contribution >= 4 is 21.6 Å². The highest BCUT2D eigenvalue weighted by atomic mass is 32.2. The highest BCUT2D eigenvalue weighted by molar-refractivity contribution is 7.89. The second-order valence-electron chi connectivity index (χ2n) is 7.19. The van der Waals surface area contributed by atoms with Gasteiger partial charge in [-0.1, -0.05) is 0 Å². The summed E-state index contributed by atoms with van der Waals surface area (Å²) in [7, 11) is -3.62. The van der Waals surface area contributed by atoms with Gasteiger partial charge in [-0.05, 0) is 56.2 Å². The molecule has 0 atom stereocenters. The molecule has 0 bridgehead atoms. The van der Waals surface area contributed by atoms with Gasteiger partial charge in [-0.2, -0.15) is 9.57 Å². The number of benzene rings is 1. The number of pyridine rings is 1. The van der Waals surface area contributed by atoms with Crippen LogP contribution < -0.4 is 9.64 Å². The second-order valence-corrected chi connectivity index (χ2v) is 9.13.